The van der Waals surface area contributed by atoms with E-state index in [9.17, 15) is 17.8 Å². The van der Waals surface area contributed by atoms with E-state index in [-0.39, 0.29) is 18.2 Å². The van der Waals surface area contributed by atoms with Gasteiger partial charge in [0.25, 0.3) is 0 Å². The van der Waals surface area contributed by atoms with Gasteiger partial charge in [0.2, 0.25) is 11.8 Å². The molecule has 2 fully saturated rings. The van der Waals surface area contributed by atoms with Crippen LogP contribution in [0.25, 0.3) is 0 Å². The average Bonchev–Trinajstić information content (AvgIpc) is 2.90. The fraction of sp³-hybridized carbons (Fsp3) is 0.667. The Labute approximate surface area is 166 Å². The van der Waals surface area contributed by atoms with Crippen molar-refractivity contribution in [2.24, 2.45) is 17.8 Å². The Balaban J connectivity index is 1.79. The Kier molecular flexibility index (Phi) is 6.42. The molecule has 3 unspecified atom stereocenters. The number of halogens is 2. The number of amides is 1. The molecule has 0 aromatic heterocycles. The third kappa shape index (κ3) is 5.31. The van der Waals surface area contributed by atoms with Crippen LogP contribution < -0.4 is 5.32 Å². The minimum Gasteiger partial charge on any atom is -0.326 e. The number of hydrogen-bond acceptors (Lipinski definition) is 3. The monoisotopic (exact) mass is 412 g/mol. The second kappa shape index (κ2) is 8.47. The lowest BCUT2D eigenvalue weighted by Crippen LogP contribution is -2.42. The van der Waals surface area contributed by atoms with Crippen molar-refractivity contribution in [3.8, 4) is 0 Å². The van der Waals surface area contributed by atoms with E-state index in [1.807, 2.05) is 0 Å². The number of carbonyl (C=O) groups excluding carboxylic acids is 1. The lowest BCUT2D eigenvalue weighted by molar-refractivity contribution is -0.134. The highest BCUT2D eigenvalue weighted by molar-refractivity contribution is 7.91. The standard InChI is InChI=1S/C21H30F2N2O2S/c1-28(24,27)17-10-6-9-16(13-17)25-20(26)19-14-21(22,23)12-11-18(19)15-7-4-2-3-5-8-15/h6,9-10,13,15,18-19,24H,2-5,7-8,11-12,14H2,1H3,(H,25,26). The SMILES string of the molecule is CS(=N)(=O)c1cccc(NC(=O)C2CC(F)(F)CCC2C2CCCCCC2)c1. The first-order chi connectivity index (χ1) is 13.2. The van der Waals surface area contributed by atoms with E-state index >= 15 is 0 Å². The molecule has 0 heterocycles. The maximum atomic E-state index is 14.2. The summed E-state index contributed by atoms with van der Waals surface area (Å²) in [6.45, 7) is 0. The van der Waals surface area contributed by atoms with Crippen LogP contribution in [-0.2, 0) is 14.5 Å². The topological polar surface area (TPSA) is 70.0 Å². The van der Waals surface area contributed by atoms with E-state index in [0.717, 1.165) is 25.7 Å². The van der Waals surface area contributed by atoms with Crippen molar-refractivity contribution < 1.29 is 17.8 Å². The molecule has 0 aliphatic heterocycles. The number of carbonyl (C=O) groups is 1. The number of alkyl halides is 2. The summed E-state index contributed by atoms with van der Waals surface area (Å²) in [7, 11) is -2.91. The highest BCUT2D eigenvalue weighted by atomic mass is 32.2. The quantitative estimate of drug-likeness (QED) is 0.624. The largest absolute Gasteiger partial charge is 0.326 e. The maximum absolute atomic E-state index is 14.2. The van der Waals surface area contributed by atoms with Crippen molar-refractivity contribution in [1.29, 1.82) is 4.78 Å². The highest BCUT2D eigenvalue weighted by Crippen LogP contribution is 2.46. The van der Waals surface area contributed by atoms with Crippen molar-refractivity contribution in [2.75, 3.05) is 11.6 Å². The summed E-state index contributed by atoms with van der Waals surface area (Å²) in [4.78, 5) is 13.3. The summed E-state index contributed by atoms with van der Waals surface area (Å²) in [6, 6.07) is 6.36. The molecule has 1 aromatic rings. The Hall–Kier alpha value is -1.50. The third-order valence-corrected chi connectivity index (χ3v) is 7.43. The molecule has 156 valence electrons. The van der Waals surface area contributed by atoms with Crippen LogP contribution in [0.5, 0.6) is 0 Å². The van der Waals surface area contributed by atoms with Crippen LogP contribution in [-0.4, -0.2) is 22.3 Å². The highest BCUT2D eigenvalue weighted by Gasteiger charge is 2.46. The summed E-state index contributed by atoms with van der Waals surface area (Å²) in [5.74, 6) is -3.56. The molecule has 1 aromatic carbocycles. The fourth-order valence-corrected chi connectivity index (χ4v) is 5.49. The van der Waals surface area contributed by atoms with E-state index in [2.05, 4.69) is 5.32 Å². The van der Waals surface area contributed by atoms with Crippen LogP contribution in [0.2, 0.25) is 0 Å². The fourth-order valence-electron chi connectivity index (χ4n) is 4.80. The van der Waals surface area contributed by atoms with Crippen molar-refractivity contribution in [1.82, 2.24) is 0 Å². The molecule has 0 radical (unpaired) electrons. The van der Waals surface area contributed by atoms with Gasteiger partial charge in [-0.15, -0.1) is 0 Å². The molecule has 2 aliphatic carbocycles. The Bertz CT molecular complexity index is 802. The summed E-state index contributed by atoms with van der Waals surface area (Å²) >= 11 is 0. The molecule has 2 aliphatic rings. The Morgan fingerprint density at radius 1 is 1.18 bits per heavy atom. The summed E-state index contributed by atoms with van der Waals surface area (Å²) in [6.07, 6.45) is 7.82. The Morgan fingerprint density at radius 2 is 1.86 bits per heavy atom. The van der Waals surface area contributed by atoms with Crippen molar-refractivity contribution >= 4 is 21.3 Å². The van der Waals surface area contributed by atoms with Gasteiger partial charge in [-0.05, 0) is 36.5 Å². The van der Waals surface area contributed by atoms with Gasteiger partial charge in [0.05, 0.1) is 9.73 Å². The van der Waals surface area contributed by atoms with Gasteiger partial charge in [0.1, 0.15) is 0 Å². The zero-order valence-corrected chi connectivity index (χ0v) is 17.2. The molecule has 4 nitrogen and oxygen atoms in total. The number of rotatable bonds is 4. The molecule has 2 N–H and O–H groups in total. The molecule has 1 amide bonds. The minimum absolute atomic E-state index is 0.00696. The molecule has 28 heavy (non-hydrogen) atoms. The van der Waals surface area contributed by atoms with Gasteiger partial charge in [0.15, 0.2) is 0 Å². The zero-order chi connectivity index (χ0) is 20.4. The first kappa shape index (κ1) is 21.2. The molecule has 0 saturated heterocycles. The molecule has 0 spiro atoms. The van der Waals surface area contributed by atoms with E-state index in [1.54, 1.807) is 18.2 Å². The predicted octanol–water partition coefficient (Wildman–Crippen LogP) is 5.68. The number of anilines is 1. The van der Waals surface area contributed by atoms with Crippen LogP contribution in [0.15, 0.2) is 29.2 Å². The van der Waals surface area contributed by atoms with Gasteiger partial charge >= 0.3 is 0 Å². The smallest absolute Gasteiger partial charge is 0.248 e. The van der Waals surface area contributed by atoms with E-state index in [4.69, 9.17) is 4.78 Å². The number of benzene rings is 1. The van der Waals surface area contributed by atoms with Crippen molar-refractivity contribution in [3.05, 3.63) is 24.3 Å². The van der Waals surface area contributed by atoms with Crippen molar-refractivity contribution in [3.63, 3.8) is 0 Å². The predicted molar refractivity (Wildman–Crippen MR) is 107 cm³/mol. The van der Waals surface area contributed by atoms with E-state index < -0.39 is 28.0 Å². The van der Waals surface area contributed by atoms with Crippen LogP contribution in [0, 0.1) is 22.5 Å². The summed E-state index contributed by atoms with van der Waals surface area (Å²) in [5, 5.41) is 2.77. The first-order valence-electron chi connectivity index (χ1n) is 10.2. The van der Waals surface area contributed by atoms with E-state index in [1.165, 1.54) is 25.2 Å². The lowest BCUT2D eigenvalue weighted by atomic mass is 9.68. The van der Waals surface area contributed by atoms with Gasteiger partial charge in [-0.2, -0.15) is 0 Å². The van der Waals surface area contributed by atoms with Crippen LogP contribution >= 0.6 is 0 Å². The molecular weight excluding hydrogens is 382 g/mol. The number of nitrogens with one attached hydrogen (secondary N) is 2. The molecular formula is C21H30F2N2O2S. The van der Waals surface area contributed by atoms with Gasteiger partial charge < -0.3 is 5.32 Å². The van der Waals surface area contributed by atoms with Gasteiger partial charge in [-0.1, -0.05) is 44.6 Å². The Morgan fingerprint density at radius 3 is 2.50 bits per heavy atom. The molecule has 3 rings (SSSR count). The number of hydrogen-bond donors (Lipinski definition) is 2. The lowest BCUT2D eigenvalue weighted by Gasteiger charge is -2.39. The minimum atomic E-state index is -2.91. The first-order valence-corrected chi connectivity index (χ1v) is 12.1. The van der Waals surface area contributed by atoms with Crippen LogP contribution in [0.1, 0.15) is 57.8 Å². The molecule has 3 atom stereocenters. The normalized spacial score (nSPS) is 28.1. The second-order valence-corrected chi connectivity index (χ2v) is 10.6. The average molecular weight is 413 g/mol. The molecule has 7 heteroatoms. The van der Waals surface area contributed by atoms with Crippen molar-refractivity contribution in [2.45, 2.75) is 68.6 Å². The van der Waals surface area contributed by atoms with E-state index in [0.29, 0.717) is 22.9 Å². The van der Waals surface area contributed by atoms with Gasteiger partial charge in [0, 0.05) is 35.6 Å². The third-order valence-electron chi connectivity index (χ3n) is 6.27. The maximum Gasteiger partial charge on any atom is 0.248 e. The summed E-state index contributed by atoms with van der Waals surface area (Å²) < 4.78 is 48.0. The van der Waals surface area contributed by atoms with Gasteiger partial charge in [-0.3, -0.25) is 4.79 Å². The van der Waals surface area contributed by atoms with Crippen LogP contribution in [0.3, 0.4) is 0 Å². The van der Waals surface area contributed by atoms with Crippen LogP contribution in [0.4, 0.5) is 14.5 Å². The molecule has 2 saturated carbocycles. The van der Waals surface area contributed by atoms with Gasteiger partial charge in [-0.25, -0.2) is 17.8 Å². The summed E-state index contributed by atoms with van der Waals surface area (Å²) in [5.41, 5.74) is 0.415. The zero-order valence-electron chi connectivity index (χ0n) is 16.4. The second-order valence-electron chi connectivity index (χ2n) is 8.48. The molecule has 0 bridgehead atoms.